The first-order chi connectivity index (χ1) is 8.72. The van der Waals surface area contributed by atoms with Crippen LogP contribution in [0, 0.1) is 5.92 Å². The average molecular weight is 245 g/mol. The zero-order valence-electron chi connectivity index (χ0n) is 11.2. The Bertz CT molecular complexity index is 425. The summed E-state index contributed by atoms with van der Waals surface area (Å²) in [4.78, 5) is 2.64. The minimum Gasteiger partial charge on any atom is -0.508 e. The summed E-state index contributed by atoms with van der Waals surface area (Å²) in [6.45, 7) is 5.99. The Morgan fingerprint density at radius 1 is 1.22 bits per heavy atom. The van der Waals surface area contributed by atoms with Gasteiger partial charge in [0.25, 0.3) is 0 Å². The normalized spacial score (nSPS) is 25.3. The van der Waals surface area contributed by atoms with Crippen molar-refractivity contribution in [1.29, 1.82) is 0 Å². The first kappa shape index (κ1) is 12.0. The topological polar surface area (TPSA) is 23.5 Å². The maximum atomic E-state index is 9.64. The average Bonchev–Trinajstić information content (AvgIpc) is 3.15. The fourth-order valence-corrected chi connectivity index (χ4v) is 3.04. The summed E-state index contributed by atoms with van der Waals surface area (Å²) in [6.07, 6.45) is 5.23. The van der Waals surface area contributed by atoms with E-state index >= 15 is 0 Å². The minimum absolute atomic E-state index is 0.413. The van der Waals surface area contributed by atoms with E-state index in [9.17, 15) is 5.11 Å². The van der Waals surface area contributed by atoms with E-state index in [1.165, 1.54) is 50.0 Å². The van der Waals surface area contributed by atoms with Crippen molar-refractivity contribution < 1.29 is 5.11 Å². The molecule has 1 aliphatic heterocycles. The summed E-state index contributed by atoms with van der Waals surface area (Å²) in [5.74, 6) is 1.96. The third kappa shape index (κ3) is 2.69. The van der Waals surface area contributed by atoms with Gasteiger partial charge in [-0.2, -0.15) is 0 Å². The third-order valence-corrected chi connectivity index (χ3v) is 4.45. The van der Waals surface area contributed by atoms with Crippen molar-refractivity contribution in [3.63, 3.8) is 0 Å². The monoisotopic (exact) mass is 245 g/mol. The number of aromatic hydroxyl groups is 1. The van der Waals surface area contributed by atoms with Crippen LogP contribution in [-0.2, 0) is 6.42 Å². The first-order valence-electron chi connectivity index (χ1n) is 7.26. The number of hydrogen-bond acceptors (Lipinski definition) is 2. The highest BCUT2D eigenvalue weighted by Gasteiger charge is 2.25. The van der Waals surface area contributed by atoms with Crippen LogP contribution in [0.5, 0.6) is 5.75 Å². The van der Waals surface area contributed by atoms with Gasteiger partial charge in [0, 0.05) is 13.1 Å². The van der Waals surface area contributed by atoms with Crippen LogP contribution in [0.25, 0.3) is 0 Å². The van der Waals surface area contributed by atoms with E-state index in [2.05, 4.69) is 17.9 Å². The van der Waals surface area contributed by atoms with E-state index in [0.29, 0.717) is 11.7 Å². The van der Waals surface area contributed by atoms with Crippen LogP contribution in [-0.4, -0.2) is 29.6 Å². The third-order valence-electron chi connectivity index (χ3n) is 4.45. The summed E-state index contributed by atoms with van der Waals surface area (Å²) in [6, 6.07) is 5.91. The van der Waals surface area contributed by atoms with Crippen LogP contribution < -0.4 is 0 Å². The molecule has 98 valence electrons. The smallest absolute Gasteiger partial charge is 0.115 e. The van der Waals surface area contributed by atoms with Gasteiger partial charge in [0.15, 0.2) is 0 Å². The molecule has 1 heterocycles. The van der Waals surface area contributed by atoms with Gasteiger partial charge in [0.05, 0.1) is 0 Å². The number of hydrogen-bond donors (Lipinski definition) is 1. The van der Waals surface area contributed by atoms with Crippen molar-refractivity contribution in [1.82, 2.24) is 4.90 Å². The maximum absolute atomic E-state index is 9.64. The fourth-order valence-electron chi connectivity index (χ4n) is 3.04. The molecule has 18 heavy (non-hydrogen) atoms. The second-order valence-electron chi connectivity index (χ2n) is 6.07. The molecule has 1 fully saturated rings. The maximum Gasteiger partial charge on any atom is 0.115 e. The van der Waals surface area contributed by atoms with Crippen LogP contribution in [0.2, 0.25) is 0 Å². The Balaban J connectivity index is 1.75. The molecular formula is C16H23NO. The van der Waals surface area contributed by atoms with E-state index in [0.717, 1.165) is 12.3 Å². The number of fused-ring (bicyclic) bond motifs is 1. The van der Waals surface area contributed by atoms with Gasteiger partial charge in [0.2, 0.25) is 0 Å². The van der Waals surface area contributed by atoms with Gasteiger partial charge in [-0.3, -0.25) is 0 Å². The second-order valence-corrected chi connectivity index (χ2v) is 6.07. The van der Waals surface area contributed by atoms with E-state index < -0.39 is 0 Å². The van der Waals surface area contributed by atoms with Crippen molar-refractivity contribution in [2.45, 2.75) is 38.5 Å². The summed E-state index contributed by atoms with van der Waals surface area (Å²) in [5, 5.41) is 9.64. The van der Waals surface area contributed by atoms with Crippen molar-refractivity contribution >= 4 is 0 Å². The largest absolute Gasteiger partial charge is 0.508 e. The molecule has 1 unspecified atom stereocenters. The Labute approximate surface area is 110 Å². The van der Waals surface area contributed by atoms with E-state index in [-0.39, 0.29) is 0 Å². The van der Waals surface area contributed by atoms with Crippen LogP contribution >= 0.6 is 0 Å². The first-order valence-corrected chi connectivity index (χ1v) is 7.26. The zero-order valence-corrected chi connectivity index (χ0v) is 11.2. The van der Waals surface area contributed by atoms with Crippen LogP contribution in [0.3, 0.4) is 0 Å². The number of rotatable bonds is 2. The summed E-state index contributed by atoms with van der Waals surface area (Å²) >= 11 is 0. The van der Waals surface area contributed by atoms with Gasteiger partial charge in [-0.25, -0.2) is 0 Å². The highest BCUT2D eigenvalue weighted by molar-refractivity contribution is 5.37. The molecule has 0 radical (unpaired) electrons. The number of benzene rings is 1. The van der Waals surface area contributed by atoms with Crippen molar-refractivity contribution in [3.05, 3.63) is 29.3 Å². The summed E-state index contributed by atoms with van der Waals surface area (Å²) < 4.78 is 0. The molecule has 1 saturated carbocycles. The molecule has 1 aromatic carbocycles. The number of phenolic OH excluding ortho intramolecular Hbond substituents is 1. The molecule has 1 aliphatic carbocycles. The van der Waals surface area contributed by atoms with Gasteiger partial charge in [-0.05, 0) is 67.3 Å². The van der Waals surface area contributed by atoms with Crippen LogP contribution in [0.4, 0.5) is 0 Å². The van der Waals surface area contributed by atoms with E-state index in [4.69, 9.17) is 0 Å². The molecule has 1 aromatic rings. The predicted octanol–water partition coefficient (Wildman–Crippen LogP) is 3.15. The lowest BCUT2D eigenvalue weighted by molar-refractivity contribution is 0.251. The van der Waals surface area contributed by atoms with E-state index in [1.807, 2.05) is 12.1 Å². The van der Waals surface area contributed by atoms with Crippen LogP contribution in [0.1, 0.15) is 43.2 Å². The lowest BCUT2D eigenvalue weighted by Gasteiger charge is -2.28. The number of phenols is 1. The van der Waals surface area contributed by atoms with Gasteiger partial charge in [-0.1, -0.05) is 13.0 Å². The molecule has 2 heteroatoms. The van der Waals surface area contributed by atoms with E-state index in [1.54, 1.807) is 0 Å². The molecule has 1 N–H and O–H groups in total. The summed E-state index contributed by atoms with van der Waals surface area (Å²) in [7, 11) is 0. The molecule has 1 atom stereocenters. The Kier molecular flexibility index (Phi) is 3.29. The summed E-state index contributed by atoms with van der Waals surface area (Å²) in [5.41, 5.74) is 2.79. The minimum atomic E-state index is 0.413. The van der Waals surface area contributed by atoms with Gasteiger partial charge in [-0.15, -0.1) is 0 Å². The molecule has 0 saturated heterocycles. The molecular weight excluding hydrogens is 222 g/mol. The number of nitrogens with zero attached hydrogens (tertiary/aromatic N) is 1. The zero-order chi connectivity index (χ0) is 12.5. The quantitative estimate of drug-likeness (QED) is 0.865. The van der Waals surface area contributed by atoms with Crippen molar-refractivity contribution in [3.8, 4) is 5.75 Å². The highest BCUT2D eigenvalue weighted by atomic mass is 16.3. The standard InChI is InChI=1S/C16H23NO/c1-12-6-8-17(11-13-2-3-13)9-7-14-4-5-15(18)10-16(12)14/h4-5,10,12-13,18H,2-3,6-9,11H2,1H3. The molecule has 3 rings (SSSR count). The lowest BCUT2D eigenvalue weighted by Crippen LogP contribution is -2.32. The SMILES string of the molecule is CC1CCN(CC2CC2)CCc2ccc(O)cc21. The Morgan fingerprint density at radius 2 is 2.06 bits per heavy atom. The fraction of sp³-hybridized carbons (Fsp3) is 0.625. The second kappa shape index (κ2) is 4.93. The molecule has 2 nitrogen and oxygen atoms in total. The molecule has 2 aliphatic rings. The van der Waals surface area contributed by atoms with Crippen LogP contribution in [0.15, 0.2) is 18.2 Å². The molecule has 0 bridgehead atoms. The predicted molar refractivity (Wildman–Crippen MR) is 74.0 cm³/mol. The highest BCUT2D eigenvalue weighted by Crippen LogP contribution is 2.32. The van der Waals surface area contributed by atoms with Gasteiger partial charge < -0.3 is 10.0 Å². The molecule has 0 amide bonds. The Morgan fingerprint density at radius 3 is 2.83 bits per heavy atom. The van der Waals surface area contributed by atoms with Crippen molar-refractivity contribution in [2.75, 3.05) is 19.6 Å². The Hall–Kier alpha value is -1.02. The van der Waals surface area contributed by atoms with Gasteiger partial charge in [0.1, 0.15) is 5.75 Å². The van der Waals surface area contributed by atoms with Gasteiger partial charge >= 0.3 is 0 Å². The molecule has 0 aromatic heterocycles. The van der Waals surface area contributed by atoms with Crippen molar-refractivity contribution in [2.24, 2.45) is 5.92 Å². The molecule has 0 spiro atoms. The lowest BCUT2D eigenvalue weighted by atomic mass is 9.89.